The van der Waals surface area contributed by atoms with Crippen LogP contribution in [0.15, 0.2) is 24.3 Å². The molecule has 1 unspecified atom stereocenters. The minimum Gasteiger partial charge on any atom is -0.399 e. The number of hydrogen-bond acceptors (Lipinski definition) is 2. The minimum atomic E-state index is -0.764. The lowest BCUT2D eigenvalue weighted by atomic mass is 10.2. The number of rotatable bonds is 2. The van der Waals surface area contributed by atoms with Crippen LogP contribution in [-0.4, -0.2) is 10.5 Å². The van der Waals surface area contributed by atoms with E-state index in [9.17, 15) is 4.21 Å². The molecule has 2 nitrogen and oxygen atoms in total. The first kappa shape index (κ1) is 8.27. The van der Waals surface area contributed by atoms with Crippen LogP contribution in [-0.2, 0) is 16.6 Å². The third kappa shape index (κ3) is 2.72. The summed E-state index contributed by atoms with van der Waals surface area (Å²) in [5.74, 6) is 0.611. The molecule has 3 heteroatoms. The third-order valence-electron chi connectivity index (χ3n) is 1.35. The topological polar surface area (TPSA) is 43.1 Å². The van der Waals surface area contributed by atoms with Crippen molar-refractivity contribution in [2.45, 2.75) is 5.75 Å². The second-order valence-electron chi connectivity index (χ2n) is 2.46. The molecule has 1 rings (SSSR count). The Balaban J connectivity index is 2.74. The van der Waals surface area contributed by atoms with Gasteiger partial charge in [-0.05, 0) is 17.7 Å². The fraction of sp³-hybridized carbons (Fsp3) is 0.250. The molecule has 0 aliphatic carbocycles. The van der Waals surface area contributed by atoms with Gasteiger partial charge < -0.3 is 5.73 Å². The van der Waals surface area contributed by atoms with E-state index < -0.39 is 10.8 Å². The number of anilines is 1. The van der Waals surface area contributed by atoms with E-state index >= 15 is 0 Å². The van der Waals surface area contributed by atoms with Crippen LogP contribution in [0.4, 0.5) is 5.69 Å². The maximum atomic E-state index is 10.8. The monoisotopic (exact) mass is 169 g/mol. The molecule has 1 aromatic rings. The second-order valence-corrected chi connectivity index (χ2v) is 3.89. The van der Waals surface area contributed by atoms with E-state index in [1.807, 2.05) is 24.3 Å². The molecule has 0 saturated carbocycles. The molecule has 0 spiro atoms. The van der Waals surface area contributed by atoms with Crippen LogP contribution in [0, 0.1) is 0 Å². The lowest BCUT2D eigenvalue weighted by Gasteiger charge is -1.97. The van der Waals surface area contributed by atoms with Gasteiger partial charge >= 0.3 is 0 Å². The summed E-state index contributed by atoms with van der Waals surface area (Å²) in [4.78, 5) is 0. The summed E-state index contributed by atoms with van der Waals surface area (Å²) >= 11 is 0. The lowest BCUT2D eigenvalue weighted by Crippen LogP contribution is -1.92. The van der Waals surface area contributed by atoms with Gasteiger partial charge in [0.15, 0.2) is 0 Å². The Morgan fingerprint density at radius 1 is 1.36 bits per heavy atom. The molecule has 0 bridgehead atoms. The zero-order valence-corrected chi connectivity index (χ0v) is 7.23. The summed E-state index contributed by atoms with van der Waals surface area (Å²) in [6.07, 6.45) is 1.69. The predicted molar refractivity (Wildman–Crippen MR) is 48.6 cm³/mol. The van der Waals surface area contributed by atoms with Crippen molar-refractivity contribution in [2.24, 2.45) is 0 Å². The molecule has 60 valence electrons. The van der Waals surface area contributed by atoms with Crippen molar-refractivity contribution >= 4 is 16.5 Å². The van der Waals surface area contributed by atoms with E-state index in [0.717, 1.165) is 11.3 Å². The largest absolute Gasteiger partial charge is 0.399 e. The third-order valence-corrected chi connectivity index (χ3v) is 2.09. The van der Waals surface area contributed by atoms with Crippen molar-refractivity contribution in [1.82, 2.24) is 0 Å². The van der Waals surface area contributed by atoms with E-state index in [0.29, 0.717) is 5.75 Å². The fourth-order valence-electron chi connectivity index (χ4n) is 0.849. The molecular weight excluding hydrogens is 158 g/mol. The molecule has 2 N–H and O–H groups in total. The van der Waals surface area contributed by atoms with Crippen LogP contribution in [0.2, 0.25) is 0 Å². The minimum absolute atomic E-state index is 0.611. The maximum absolute atomic E-state index is 10.8. The number of nitrogens with two attached hydrogens (primary N) is 1. The van der Waals surface area contributed by atoms with Crippen LogP contribution in [0.25, 0.3) is 0 Å². The molecule has 0 saturated heterocycles. The Morgan fingerprint density at radius 3 is 2.36 bits per heavy atom. The van der Waals surface area contributed by atoms with E-state index in [4.69, 9.17) is 5.73 Å². The van der Waals surface area contributed by atoms with Gasteiger partial charge in [-0.15, -0.1) is 0 Å². The molecule has 11 heavy (non-hydrogen) atoms. The van der Waals surface area contributed by atoms with Crippen molar-refractivity contribution < 1.29 is 4.21 Å². The van der Waals surface area contributed by atoms with Gasteiger partial charge in [-0.3, -0.25) is 4.21 Å². The first-order valence-corrected chi connectivity index (χ1v) is 5.05. The van der Waals surface area contributed by atoms with Gasteiger partial charge in [0.2, 0.25) is 0 Å². The fourth-order valence-corrected chi connectivity index (χ4v) is 1.51. The highest BCUT2D eigenvalue weighted by Crippen LogP contribution is 2.06. The van der Waals surface area contributed by atoms with Gasteiger partial charge in [0.1, 0.15) is 0 Å². The van der Waals surface area contributed by atoms with Crippen molar-refractivity contribution in [3.05, 3.63) is 29.8 Å². The summed E-state index contributed by atoms with van der Waals surface area (Å²) in [6.45, 7) is 0. The van der Waals surface area contributed by atoms with Gasteiger partial charge in [0.05, 0.1) is 0 Å². The van der Waals surface area contributed by atoms with Crippen LogP contribution < -0.4 is 5.73 Å². The van der Waals surface area contributed by atoms with Crippen molar-refractivity contribution in [2.75, 3.05) is 12.0 Å². The van der Waals surface area contributed by atoms with Gasteiger partial charge in [-0.2, -0.15) is 0 Å². The molecule has 0 aliphatic rings. The molecule has 0 fully saturated rings. The summed E-state index contributed by atoms with van der Waals surface area (Å²) < 4.78 is 10.8. The second kappa shape index (κ2) is 3.53. The zero-order chi connectivity index (χ0) is 8.27. The average Bonchev–Trinajstić information content (AvgIpc) is 1.93. The van der Waals surface area contributed by atoms with E-state index in [-0.39, 0.29) is 0 Å². The van der Waals surface area contributed by atoms with E-state index in [2.05, 4.69) is 0 Å². The Morgan fingerprint density at radius 2 is 1.91 bits per heavy atom. The molecule has 0 radical (unpaired) electrons. The Hall–Kier alpha value is -0.830. The maximum Gasteiger partial charge on any atom is 0.0482 e. The van der Waals surface area contributed by atoms with E-state index in [1.54, 1.807) is 6.26 Å². The Labute approximate surface area is 68.9 Å². The van der Waals surface area contributed by atoms with Crippen LogP contribution in [0.1, 0.15) is 5.56 Å². The van der Waals surface area contributed by atoms with Crippen LogP contribution in [0.5, 0.6) is 0 Å². The smallest absolute Gasteiger partial charge is 0.0482 e. The lowest BCUT2D eigenvalue weighted by molar-refractivity contribution is 0.686. The quantitative estimate of drug-likeness (QED) is 0.675. The van der Waals surface area contributed by atoms with Gasteiger partial charge in [0, 0.05) is 28.5 Å². The van der Waals surface area contributed by atoms with Crippen molar-refractivity contribution in [1.29, 1.82) is 0 Å². The van der Waals surface area contributed by atoms with Crippen molar-refractivity contribution in [3.8, 4) is 0 Å². The first-order chi connectivity index (χ1) is 5.18. The molecular formula is C8H11NOS. The SMILES string of the molecule is CS(=O)Cc1ccc(N)cc1. The molecule has 0 amide bonds. The van der Waals surface area contributed by atoms with Gasteiger partial charge in [-0.25, -0.2) is 0 Å². The van der Waals surface area contributed by atoms with Gasteiger partial charge in [-0.1, -0.05) is 12.1 Å². The van der Waals surface area contributed by atoms with Crippen LogP contribution in [0.3, 0.4) is 0 Å². The summed E-state index contributed by atoms with van der Waals surface area (Å²) in [5.41, 5.74) is 7.30. The summed E-state index contributed by atoms with van der Waals surface area (Å²) in [6, 6.07) is 7.44. The standard InChI is InChI=1S/C8H11NOS/c1-11(10)6-7-2-4-8(9)5-3-7/h2-5H,6,9H2,1H3. The number of benzene rings is 1. The van der Waals surface area contributed by atoms with Gasteiger partial charge in [0.25, 0.3) is 0 Å². The molecule has 1 atom stereocenters. The molecule has 0 heterocycles. The Bertz CT molecular complexity index is 255. The molecule has 0 aromatic heterocycles. The average molecular weight is 169 g/mol. The highest BCUT2D eigenvalue weighted by molar-refractivity contribution is 7.83. The van der Waals surface area contributed by atoms with Crippen LogP contribution >= 0.6 is 0 Å². The van der Waals surface area contributed by atoms with Crippen molar-refractivity contribution in [3.63, 3.8) is 0 Å². The normalized spacial score (nSPS) is 12.8. The summed E-state index contributed by atoms with van der Waals surface area (Å²) in [5, 5.41) is 0. The number of hydrogen-bond donors (Lipinski definition) is 1. The summed E-state index contributed by atoms with van der Waals surface area (Å²) in [7, 11) is -0.764. The highest BCUT2D eigenvalue weighted by atomic mass is 32.2. The molecule has 0 aliphatic heterocycles. The zero-order valence-electron chi connectivity index (χ0n) is 6.41. The number of nitrogen functional groups attached to an aromatic ring is 1. The van der Waals surface area contributed by atoms with E-state index in [1.165, 1.54) is 0 Å². The molecule has 1 aromatic carbocycles. The Kier molecular flexibility index (Phi) is 2.65. The predicted octanol–water partition coefficient (Wildman–Crippen LogP) is 1.15. The highest BCUT2D eigenvalue weighted by Gasteiger charge is 1.94. The first-order valence-electron chi connectivity index (χ1n) is 3.33.